The van der Waals surface area contributed by atoms with Gasteiger partial charge in [-0.15, -0.1) is 0 Å². The van der Waals surface area contributed by atoms with Crippen LogP contribution in [-0.4, -0.2) is 5.78 Å². The molecule has 0 radical (unpaired) electrons. The number of halogens is 2. The number of para-hydroxylation sites is 2. The highest BCUT2D eigenvalue weighted by Crippen LogP contribution is 2.46. The number of benzene rings is 3. The normalized spacial score (nSPS) is 20.5. The van der Waals surface area contributed by atoms with Gasteiger partial charge < -0.3 is 10.6 Å². The second-order valence-corrected chi connectivity index (χ2v) is 8.53. The lowest BCUT2D eigenvalue weighted by Crippen LogP contribution is -2.27. The number of ketones is 1. The summed E-state index contributed by atoms with van der Waals surface area (Å²) in [4.78, 5) is 13.5. The third kappa shape index (κ3) is 3.38. The van der Waals surface area contributed by atoms with E-state index in [1.54, 1.807) is 0 Å². The van der Waals surface area contributed by atoms with Gasteiger partial charge in [0, 0.05) is 27.7 Å². The zero-order chi connectivity index (χ0) is 20.7. The monoisotopic (exact) mass is 434 g/mol. The molecule has 0 saturated heterocycles. The maximum atomic E-state index is 13.5. The van der Waals surface area contributed by atoms with E-state index in [1.165, 1.54) is 0 Å². The van der Waals surface area contributed by atoms with Gasteiger partial charge in [-0.2, -0.15) is 0 Å². The van der Waals surface area contributed by atoms with Gasteiger partial charge in [0.25, 0.3) is 0 Å². The summed E-state index contributed by atoms with van der Waals surface area (Å²) < 4.78 is 0. The number of nitrogens with one attached hydrogen (secondary N) is 2. The fourth-order valence-corrected chi connectivity index (χ4v) is 5.00. The summed E-state index contributed by atoms with van der Waals surface area (Å²) in [6.07, 6.45) is 1.13. The molecule has 150 valence electrons. The van der Waals surface area contributed by atoms with Gasteiger partial charge in [0.05, 0.1) is 17.4 Å². The zero-order valence-corrected chi connectivity index (χ0v) is 17.7. The smallest absolute Gasteiger partial charge is 0.163 e. The molecule has 0 saturated carbocycles. The molecule has 0 fully saturated rings. The van der Waals surface area contributed by atoms with Gasteiger partial charge in [0.15, 0.2) is 5.78 Å². The highest BCUT2D eigenvalue weighted by molar-refractivity contribution is 6.32. The number of hydrogen-bond donors (Lipinski definition) is 2. The van der Waals surface area contributed by atoms with Gasteiger partial charge in [0.2, 0.25) is 0 Å². The lowest BCUT2D eigenvalue weighted by Gasteiger charge is -2.30. The van der Waals surface area contributed by atoms with Crippen LogP contribution in [0.1, 0.15) is 35.9 Å². The van der Waals surface area contributed by atoms with Crippen molar-refractivity contribution < 1.29 is 4.79 Å². The van der Waals surface area contributed by atoms with E-state index in [2.05, 4.69) is 10.6 Å². The fourth-order valence-electron chi connectivity index (χ4n) is 4.46. The van der Waals surface area contributed by atoms with Crippen molar-refractivity contribution in [2.24, 2.45) is 0 Å². The van der Waals surface area contributed by atoms with Gasteiger partial charge in [-0.3, -0.25) is 4.79 Å². The van der Waals surface area contributed by atoms with Crippen LogP contribution in [0.15, 0.2) is 84.1 Å². The third-order valence-electron chi connectivity index (χ3n) is 5.87. The Kier molecular flexibility index (Phi) is 5.01. The van der Waals surface area contributed by atoms with E-state index < -0.39 is 0 Å². The third-order valence-corrected chi connectivity index (χ3v) is 6.56. The maximum absolute atomic E-state index is 13.5. The van der Waals surface area contributed by atoms with Crippen LogP contribution in [0.25, 0.3) is 0 Å². The topological polar surface area (TPSA) is 41.1 Å². The summed E-state index contributed by atoms with van der Waals surface area (Å²) in [6.45, 7) is 0. The standard InChI is InChI=1S/C25H20Cl2N2O/c26-18-9-3-1-7-16(18)15-13-22-24(23(30)14-15)25(17-8-2-4-10-19(17)27)29-21-12-6-5-11-20(21)28-22/h1-12,15,25,28-29H,13-14H2. The predicted octanol–water partition coefficient (Wildman–Crippen LogP) is 6.97. The molecule has 1 aliphatic carbocycles. The Bertz CT molecular complexity index is 1170. The molecule has 1 heterocycles. The molecule has 2 N–H and O–H groups in total. The largest absolute Gasteiger partial charge is 0.372 e. The van der Waals surface area contributed by atoms with Crippen LogP contribution >= 0.6 is 23.2 Å². The van der Waals surface area contributed by atoms with Crippen molar-refractivity contribution in [3.63, 3.8) is 0 Å². The van der Waals surface area contributed by atoms with E-state index >= 15 is 0 Å². The molecule has 3 nitrogen and oxygen atoms in total. The molecule has 5 heteroatoms. The molecule has 0 bridgehead atoms. The Hall–Kier alpha value is -2.75. The second kappa shape index (κ2) is 7.82. The highest BCUT2D eigenvalue weighted by Gasteiger charge is 2.37. The van der Waals surface area contributed by atoms with Gasteiger partial charge in [-0.25, -0.2) is 0 Å². The first kappa shape index (κ1) is 19.2. The van der Waals surface area contributed by atoms with Crippen LogP contribution in [0, 0.1) is 0 Å². The Labute approximate surface area is 185 Å². The van der Waals surface area contributed by atoms with Crippen LogP contribution in [0.2, 0.25) is 10.0 Å². The summed E-state index contributed by atoms with van der Waals surface area (Å²) >= 11 is 13.0. The minimum absolute atomic E-state index is 0.0367. The number of carbonyl (C=O) groups excluding carboxylic acids is 1. The van der Waals surface area contributed by atoms with E-state index in [-0.39, 0.29) is 17.7 Å². The lowest BCUT2D eigenvalue weighted by atomic mass is 9.78. The first-order chi connectivity index (χ1) is 14.6. The van der Waals surface area contributed by atoms with E-state index in [0.29, 0.717) is 22.9 Å². The van der Waals surface area contributed by atoms with E-state index in [9.17, 15) is 4.79 Å². The molecule has 1 aliphatic heterocycles. The lowest BCUT2D eigenvalue weighted by molar-refractivity contribution is -0.116. The van der Waals surface area contributed by atoms with Crippen molar-refractivity contribution in [3.8, 4) is 0 Å². The highest BCUT2D eigenvalue weighted by atomic mass is 35.5. The number of hydrogen-bond acceptors (Lipinski definition) is 3. The van der Waals surface area contributed by atoms with E-state index in [1.807, 2.05) is 72.8 Å². The molecule has 0 aromatic heterocycles. The molecular weight excluding hydrogens is 415 g/mol. The summed E-state index contributed by atoms with van der Waals surface area (Å²) in [6, 6.07) is 23.2. The second-order valence-electron chi connectivity index (χ2n) is 7.71. The fraction of sp³-hybridized carbons (Fsp3) is 0.160. The van der Waals surface area contributed by atoms with Crippen LogP contribution in [0.4, 0.5) is 11.4 Å². The molecular formula is C25H20Cl2N2O. The Morgan fingerprint density at radius 3 is 2.03 bits per heavy atom. The minimum Gasteiger partial charge on any atom is -0.372 e. The van der Waals surface area contributed by atoms with E-state index in [0.717, 1.165) is 33.8 Å². The molecule has 2 atom stereocenters. The number of anilines is 2. The van der Waals surface area contributed by atoms with E-state index in [4.69, 9.17) is 23.2 Å². The number of allylic oxidation sites excluding steroid dienone is 1. The van der Waals surface area contributed by atoms with Gasteiger partial charge in [-0.1, -0.05) is 71.7 Å². The molecule has 0 spiro atoms. The number of carbonyl (C=O) groups is 1. The van der Waals surface area contributed by atoms with Crippen molar-refractivity contribution >= 4 is 40.4 Å². The Morgan fingerprint density at radius 2 is 1.33 bits per heavy atom. The Balaban J connectivity index is 1.64. The first-order valence-electron chi connectivity index (χ1n) is 9.99. The molecule has 0 amide bonds. The average molecular weight is 435 g/mol. The summed E-state index contributed by atoms with van der Waals surface area (Å²) in [7, 11) is 0. The molecule has 3 aromatic rings. The van der Waals surface area contributed by atoms with Crippen molar-refractivity contribution in [1.82, 2.24) is 0 Å². The van der Waals surface area contributed by atoms with Gasteiger partial charge in [0.1, 0.15) is 0 Å². The van der Waals surface area contributed by atoms with Crippen LogP contribution < -0.4 is 10.6 Å². The summed E-state index contributed by atoms with van der Waals surface area (Å²) in [5.41, 5.74) is 5.49. The minimum atomic E-state index is -0.315. The summed E-state index contributed by atoms with van der Waals surface area (Å²) in [5, 5.41) is 8.44. The maximum Gasteiger partial charge on any atom is 0.163 e. The number of rotatable bonds is 2. The van der Waals surface area contributed by atoms with Gasteiger partial charge >= 0.3 is 0 Å². The van der Waals surface area contributed by atoms with Crippen LogP contribution in [0.3, 0.4) is 0 Å². The SMILES string of the molecule is O=C1CC(c2ccccc2Cl)CC2=C1C(c1ccccc1Cl)Nc1ccccc1N2. The molecule has 2 aliphatic rings. The van der Waals surface area contributed by atoms with Gasteiger partial charge in [-0.05, 0) is 47.7 Å². The number of Topliss-reactive ketones (excluding diaryl/α,β-unsaturated/α-hetero) is 1. The van der Waals surface area contributed by atoms with Crippen LogP contribution in [-0.2, 0) is 4.79 Å². The molecule has 5 rings (SSSR count). The first-order valence-corrected chi connectivity index (χ1v) is 10.7. The summed E-state index contributed by atoms with van der Waals surface area (Å²) in [5.74, 6) is 0.147. The van der Waals surface area contributed by atoms with Crippen molar-refractivity contribution in [3.05, 3.63) is 105 Å². The van der Waals surface area contributed by atoms with Crippen LogP contribution in [0.5, 0.6) is 0 Å². The quantitative estimate of drug-likeness (QED) is 0.457. The van der Waals surface area contributed by atoms with Crippen molar-refractivity contribution in [1.29, 1.82) is 0 Å². The number of fused-ring (bicyclic) bond motifs is 1. The predicted molar refractivity (Wildman–Crippen MR) is 123 cm³/mol. The molecule has 3 aromatic carbocycles. The van der Waals surface area contributed by atoms with Crippen molar-refractivity contribution in [2.45, 2.75) is 24.8 Å². The Morgan fingerprint density at radius 1 is 0.733 bits per heavy atom. The molecule has 30 heavy (non-hydrogen) atoms. The van der Waals surface area contributed by atoms with Crippen molar-refractivity contribution in [2.75, 3.05) is 10.6 Å². The average Bonchev–Trinajstić information content (AvgIpc) is 2.91. The molecule has 2 unspecified atom stereocenters. The zero-order valence-electron chi connectivity index (χ0n) is 16.2.